The predicted octanol–water partition coefficient (Wildman–Crippen LogP) is 4.99. The van der Waals surface area contributed by atoms with E-state index < -0.39 is 11.5 Å². The van der Waals surface area contributed by atoms with E-state index in [0.29, 0.717) is 37.2 Å². The quantitative estimate of drug-likeness (QED) is 0.159. The van der Waals surface area contributed by atoms with Crippen LogP contribution >= 0.6 is 35.0 Å². The van der Waals surface area contributed by atoms with Crippen LogP contribution in [0.2, 0.25) is 10.0 Å². The monoisotopic (exact) mass is 604 g/mol. The van der Waals surface area contributed by atoms with Gasteiger partial charge >= 0.3 is 0 Å². The lowest BCUT2D eigenvalue weighted by atomic mass is 9.87. The second kappa shape index (κ2) is 13.0. The Kier molecular flexibility index (Phi) is 10.2. The number of anilines is 1. The van der Waals surface area contributed by atoms with Gasteiger partial charge < -0.3 is 10.1 Å². The molecule has 0 aliphatic heterocycles. The SMILES string of the molecule is CN(O)C(=O)COC(C)(C)C#Cc1ccc(NC(=O)CSc2nnnn2-c2ccc(C(C)(C)C)cc2Cl)c(Cl)c1. The summed E-state index contributed by atoms with van der Waals surface area (Å²) in [6.45, 7) is 9.38. The number of likely N-dealkylation sites (N-methyl/N-ethyl adjacent to an activating group) is 1. The number of amides is 2. The molecule has 212 valence electrons. The minimum Gasteiger partial charge on any atom is -0.353 e. The number of halogens is 2. The third-order valence-electron chi connectivity index (χ3n) is 5.48. The first-order valence-corrected chi connectivity index (χ1v) is 13.8. The second-order valence-corrected chi connectivity index (χ2v) is 12.0. The van der Waals surface area contributed by atoms with Crippen molar-refractivity contribution >= 4 is 52.5 Å². The largest absolute Gasteiger partial charge is 0.353 e. The van der Waals surface area contributed by atoms with Gasteiger partial charge in [-0.1, -0.05) is 73.6 Å². The molecule has 0 aliphatic rings. The molecule has 3 aromatic rings. The molecule has 3 rings (SSSR count). The molecule has 0 unspecified atom stereocenters. The number of nitrogens with zero attached hydrogens (tertiary/aromatic N) is 5. The molecule has 0 spiro atoms. The van der Waals surface area contributed by atoms with E-state index in [-0.39, 0.29) is 23.7 Å². The van der Waals surface area contributed by atoms with Gasteiger partial charge in [-0.3, -0.25) is 14.8 Å². The van der Waals surface area contributed by atoms with Gasteiger partial charge in [0.15, 0.2) is 0 Å². The Balaban J connectivity index is 1.61. The maximum atomic E-state index is 12.7. The molecule has 2 aromatic carbocycles. The molecule has 13 heteroatoms. The molecule has 40 heavy (non-hydrogen) atoms. The lowest BCUT2D eigenvalue weighted by Gasteiger charge is -2.20. The number of rotatable bonds is 8. The fourth-order valence-electron chi connectivity index (χ4n) is 3.17. The van der Waals surface area contributed by atoms with E-state index in [2.05, 4.69) is 53.5 Å². The van der Waals surface area contributed by atoms with E-state index >= 15 is 0 Å². The Labute approximate surface area is 247 Å². The third kappa shape index (κ3) is 8.68. The first kappa shape index (κ1) is 31.4. The van der Waals surface area contributed by atoms with E-state index in [9.17, 15) is 9.59 Å². The average Bonchev–Trinajstić information content (AvgIpc) is 3.34. The lowest BCUT2D eigenvalue weighted by Crippen LogP contribution is -2.32. The van der Waals surface area contributed by atoms with Gasteiger partial charge in [0.05, 0.1) is 27.2 Å². The number of hydrogen-bond acceptors (Lipinski definition) is 8. The highest BCUT2D eigenvalue weighted by Gasteiger charge is 2.20. The Morgan fingerprint density at radius 2 is 1.85 bits per heavy atom. The Morgan fingerprint density at radius 3 is 2.48 bits per heavy atom. The molecule has 2 amide bonds. The highest BCUT2D eigenvalue weighted by molar-refractivity contribution is 7.99. The van der Waals surface area contributed by atoms with Gasteiger partial charge in [0.1, 0.15) is 12.2 Å². The van der Waals surface area contributed by atoms with Gasteiger partial charge in [0.2, 0.25) is 11.1 Å². The molecule has 0 atom stereocenters. The molecule has 0 aliphatic carbocycles. The molecule has 0 fully saturated rings. The van der Waals surface area contributed by atoms with Crippen LogP contribution in [0.25, 0.3) is 5.69 Å². The zero-order valence-electron chi connectivity index (χ0n) is 23.0. The number of hydrogen-bond donors (Lipinski definition) is 2. The number of carbonyl (C=O) groups excluding carboxylic acids is 2. The van der Waals surface area contributed by atoms with Gasteiger partial charge in [0, 0.05) is 12.6 Å². The van der Waals surface area contributed by atoms with Crippen molar-refractivity contribution in [2.75, 3.05) is 24.7 Å². The summed E-state index contributed by atoms with van der Waals surface area (Å²) in [7, 11) is 1.22. The smallest absolute Gasteiger partial charge is 0.271 e. The van der Waals surface area contributed by atoms with Gasteiger partial charge in [-0.05, 0) is 65.6 Å². The van der Waals surface area contributed by atoms with Crippen molar-refractivity contribution in [3.05, 3.63) is 57.6 Å². The van der Waals surface area contributed by atoms with Crippen molar-refractivity contribution < 1.29 is 19.5 Å². The summed E-state index contributed by atoms with van der Waals surface area (Å²) in [6, 6.07) is 10.7. The summed E-state index contributed by atoms with van der Waals surface area (Å²) < 4.78 is 6.96. The third-order valence-corrected chi connectivity index (χ3v) is 7.02. The number of carbonyl (C=O) groups is 2. The van der Waals surface area contributed by atoms with E-state index in [1.54, 1.807) is 32.0 Å². The van der Waals surface area contributed by atoms with Gasteiger partial charge in [-0.2, -0.15) is 4.68 Å². The predicted molar refractivity (Wildman–Crippen MR) is 155 cm³/mol. The molecule has 0 radical (unpaired) electrons. The van der Waals surface area contributed by atoms with E-state index in [1.165, 1.54) is 11.7 Å². The first-order chi connectivity index (χ1) is 18.7. The van der Waals surface area contributed by atoms with Crippen LogP contribution in [0.5, 0.6) is 0 Å². The molecule has 10 nitrogen and oxygen atoms in total. The molecular weight excluding hydrogens is 575 g/mol. The zero-order valence-corrected chi connectivity index (χ0v) is 25.3. The topological polar surface area (TPSA) is 122 Å². The Bertz CT molecular complexity index is 1460. The molecule has 0 saturated heterocycles. The van der Waals surface area contributed by atoms with Gasteiger partial charge in [-0.15, -0.1) is 5.10 Å². The van der Waals surface area contributed by atoms with E-state index in [0.717, 1.165) is 17.3 Å². The molecule has 2 N–H and O–H groups in total. The number of benzene rings is 2. The van der Waals surface area contributed by atoms with Crippen molar-refractivity contribution in [2.45, 2.75) is 50.8 Å². The van der Waals surface area contributed by atoms with Crippen LogP contribution in [0.1, 0.15) is 45.7 Å². The fourth-order valence-corrected chi connectivity index (χ4v) is 4.34. The van der Waals surface area contributed by atoms with Crippen molar-refractivity contribution in [1.29, 1.82) is 0 Å². The molecule has 0 saturated carbocycles. The normalized spacial score (nSPS) is 11.5. The van der Waals surface area contributed by atoms with Crippen molar-refractivity contribution in [1.82, 2.24) is 25.3 Å². The molecule has 1 aromatic heterocycles. The summed E-state index contributed by atoms with van der Waals surface area (Å²) in [5.74, 6) is 5.00. The summed E-state index contributed by atoms with van der Waals surface area (Å²) >= 11 is 14.1. The molecule has 0 bridgehead atoms. The number of ether oxygens (including phenoxy) is 1. The lowest BCUT2D eigenvalue weighted by molar-refractivity contribution is -0.167. The Morgan fingerprint density at radius 1 is 1.12 bits per heavy atom. The zero-order chi connectivity index (χ0) is 29.7. The van der Waals surface area contributed by atoms with E-state index in [4.69, 9.17) is 33.1 Å². The number of hydroxylamine groups is 2. The number of tetrazole rings is 1. The van der Waals surface area contributed by atoms with Crippen LogP contribution in [-0.4, -0.2) is 67.3 Å². The minimum atomic E-state index is -0.948. The summed E-state index contributed by atoms with van der Waals surface area (Å²) in [6.07, 6.45) is 0. The van der Waals surface area contributed by atoms with Crippen LogP contribution in [0.15, 0.2) is 41.6 Å². The number of nitrogens with one attached hydrogen (secondary N) is 1. The van der Waals surface area contributed by atoms with Crippen LogP contribution in [0, 0.1) is 11.8 Å². The maximum absolute atomic E-state index is 12.7. The van der Waals surface area contributed by atoms with Crippen molar-refractivity contribution in [2.24, 2.45) is 0 Å². The fraction of sp³-hybridized carbons (Fsp3) is 0.370. The van der Waals surface area contributed by atoms with Crippen molar-refractivity contribution in [3.63, 3.8) is 0 Å². The number of aromatic nitrogens is 4. The molecule has 1 heterocycles. The van der Waals surface area contributed by atoms with Gasteiger partial charge in [0.25, 0.3) is 5.91 Å². The molecular formula is C27H30Cl2N6O4S. The minimum absolute atomic E-state index is 0.0310. The van der Waals surface area contributed by atoms with Crippen molar-refractivity contribution in [3.8, 4) is 17.5 Å². The van der Waals surface area contributed by atoms with Crippen LogP contribution in [-0.2, 0) is 19.7 Å². The Hall–Kier alpha value is -3.14. The van der Waals surface area contributed by atoms with E-state index in [1.807, 2.05) is 18.2 Å². The van der Waals surface area contributed by atoms with Gasteiger partial charge in [-0.25, -0.2) is 5.06 Å². The summed E-state index contributed by atoms with van der Waals surface area (Å²) in [4.78, 5) is 24.2. The summed E-state index contributed by atoms with van der Waals surface area (Å²) in [5, 5.41) is 25.4. The second-order valence-electron chi connectivity index (χ2n) is 10.3. The van der Waals surface area contributed by atoms with Crippen LogP contribution < -0.4 is 5.32 Å². The van der Waals surface area contributed by atoms with Crippen LogP contribution in [0.3, 0.4) is 0 Å². The first-order valence-electron chi connectivity index (χ1n) is 12.1. The maximum Gasteiger partial charge on any atom is 0.271 e. The highest BCUT2D eigenvalue weighted by atomic mass is 35.5. The highest BCUT2D eigenvalue weighted by Crippen LogP contribution is 2.30. The van der Waals surface area contributed by atoms with Crippen LogP contribution in [0.4, 0.5) is 5.69 Å². The summed E-state index contributed by atoms with van der Waals surface area (Å²) in [5.41, 5.74) is 1.70. The number of thioether (sulfide) groups is 1. The standard InChI is InChI=1S/C27H30Cl2N6O4S/c1-26(2,3)18-8-10-22(20(29)14-18)35-25(31-32-33-35)40-16-23(36)30-21-9-7-17(13-19(21)28)11-12-27(4,5)39-15-24(37)34(6)38/h7-10,13-14,38H,15-16H2,1-6H3,(H,30,36). The average molecular weight is 606 g/mol.